The molecule has 1 N–H and O–H groups in total. The summed E-state index contributed by atoms with van der Waals surface area (Å²) >= 11 is 0. The standard InChI is InChI=1S/C18H29FN2/c1-4-21(13-15-7-5-8-15)18-10-6-9-17(19)16(18)12-20-11-14(2)3/h6,9-10,14-15,20H,4-5,7-8,11-13H2,1-3H3. The molecular formula is C18H29FN2. The van der Waals surface area contributed by atoms with Gasteiger partial charge in [-0.25, -0.2) is 4.39 Å². The molecule has 118 valence electrons. The third-order valence-electron chi connectivity index (χ3n) is 4.37. The third-order valence-corrected chi connectivity index (χ3v) is 4.37. The number of rotatable bonds is 8. The van der Waals surface area contributed by atoms with Gasteiger partial charge in [0.2, 0.25) is 0 Å². The lowest BCUT2D eigenvalue weighted by Gasteiger charge is -2.34. The lowest BCUT2D eigenvalue weighted by atomic mass is 9.85. The Morgan fingerprint density at radius 1 is 1.33 bits per heavy atom. The summed E-state index contributed by atoms with van der Waals surface area (Å²) in [4.78, 5) is 2.35. The van der Waals surface area contributed by atoms with Gasteiger partial charge < -0.3 is 10.2 Å². The Kier molecular flexibility index (Phi) is 6.04. The second-order valence-corrected chi connectivity index (χ2v) is 6.60. The molecule has 0 aromatic heterocycles. The number of nitrogens with one attached hydrogen (secondary N) is 1. The van der Waals surface area contributed by atoms with Crippen molar-refractivity contribution in [3.8, 4) is 0 Å². The van der Waals surface area contributed by atoms with Crippen molar-refractivity contribution in [1.82, 2.24) is 5.32 Å². The third kappa shape index (κ3) is 4.44. The molecule has 0 aliphatic heterocycles. The number of halogens is 1. The molecule has 0 spiro atoms. The maximum Gasteiger partial charge on any atom is 0.129 e. The first-order valence-corrected chi connectivity index (χ1v) is 8.34. The van der Waals surface area contributed by atoms with Crippen LogP contribution in [0, 0.1) is 17.7 Å². The van der Waals surface area contributed by atoms with Crippen molar-refractivity contribution in [2.75, 3.05) is 24.5 Å². The van der Waals surface area contributed by atoms with Crippen molar-refractivity contribution < 1.29 is 4.39 Å². The summed E-state index contributed by atoms with van der Waals surface area (Å²) in [6.45, 7) is 10.0. The smallest absolute Gasteiger partial charge is 0.129 e. The van der Waals surface area contributed by atoms with Crippen LogP contribution in [0.5, 0.6) is 0 Å². The summed E-state index contributed by atoms with van der Waals surface area (Å²) in [6, 6.07) is 5.48. The van der Waals surface area contributed by atoms with E-state index in [1.54, 1.807) is 6.07 Å². The Balaban J connectivity index is 2.10. The molecule has 0 unspecified atom stereocenters. The molecule has 1 aliphatic rings. The average molecular weight is 292 g/mol. The minimum absolute atomic E-state index is 0.0872. The Morgan fingerprint density at radius 3 is 2.67 bits per heavy atom. The highest BCUT2D eigenvalue weighted by Crippen LogP contribution is 2.30. The summed E-state index contributed by atoms with van der Waals surface area (Å²) in [7, 11) is 0. The molecule has 0 heterocycles. The van der Waals surface area contributed by atoms with Crippen LogP contribution < -0.4 is 10.2 Å². The predicted octanol–water partition coefficient (Wildman–Crippen LogP) is 4.20. The molecule has 21 heavy (non-hydrogen) atoms. The monoisotopic (exact) mass is 292 g/mol. The molecule has 0 radical (unpaired) electrons. The molecule has 1 saturated carbocycles. The van der Waals surface area contributed by atoms with E-state index >= 15 is 0 Å². The topological polar surface area (TPSA) is 15.3 Å². The first-order valence-electron chi connectivity index (χ1n) is 8.34. The van der Waals surface area contributed by atoms with E-state index in [9.17, 15) is 4.39 Å². The highest BCUT2D eigenvalue weighted by atomic mass is 19.1. The van der Waals surface area contributed by atoms with Crippen LogP contribution in [0.4, 0.5) is 10.1 Å². The maximum atomic E-state index is 14.2. The molecule has 3 heteroatoms. The minimum Gasteiger partial charge on any atom is -0.371 e. The van der Waals surface area contributed by atoms with Crippen LogP contribution >= 0.6 is 0 Å². The zero-order chi connectivity index (χ0) is 15.2. The van der Waals surface area contributed by atoms with Crippen LogP contribution in [-0.4, -0.2) is 19.6 Å². The Hall–Kier alpha value is -1.09. The maximum absolute atomic E-state index is 14.2. The van der Waals surface area contributed by atoms with E-state index in [0.29, 0.717) is 12.5 Å². The fraction of sp³-hybridized carbons (Fsp3) is 0.667. The van der Waals surface area contributed by atoms with Crippen molar-refractivity contribution in [2.45, 2.75) is 46.6 Å². The van der Waals surface area contributed by atoms with E-state index < -0.39 is 0 Å². The number of hydrogen-bond acceptors (Lipinski definition) is 2. The van der Waals surface area contributed by atoms with Gasteiger partial charge in [0.1, 0.15) is 5.82 Å². The fourth-order valence-corrected chi connectivity index (χ4v) is 2.89. The Morgan fingerprint density at radius 2 is 2.10 bits per heavy atom. The molecule has 1 fully saturated rings. The van der Waals surface area contributed by atoms with E-state index in [-0.39, 0.29) is 5.82 Å². The van der Waals surface area contributed by atoms with Gasteiger partial charge in [0.25, 0.3) is 0 Å². The quantitative estimate of drug-likeness (QED) is 0.772. The summed E-state index contributed by atoms with van der Waals surface area (Å²) in [5, 5.41) is 3.38. The zero-order valence-electron chi connectivity index (χ0n) is 13.7. The van der Waals surface area contributed by atoms with Gasteiger partial charge in [0, 0.05) is 30.9 Å². The molecule has 0 saturated heterocycles. The van der Waals surface area contributed by atoms with Gasteiger partial charge in [-0.15, -0.1) is 0 Å². The van der Waals surface area contributed by atoms with Crippen molar-refractivity contribution in [1.29, 1.82) is 0 Å². The number of anilines is 1. The summed E-state index contributed by atoms with van der Waals surface area (Å²) in [5.41, 5.74) is 1.89. The van der Waals surface area contributed by atoms with Gasteiger partial charge in [0.15, 0.2) is 0 Å². The first kappa shape index (κ1) is 16.3. The van der Waals surface area contributed by atoms with E-state index in [1.165, 1.54) is 19.3 Å². The zero-order valence-corrected chi connectivity index (χ0v) is 13.7. The lowest BCUT2D eigenvalue weighted by Crippen LogP contribution is -2.33. The SMILES string of the molecule is CCN(CC1CCC1)c1cccc(F)c1CNCC(C)C. The van der Waals surface area contributed by atoms with Gasteiger partial charge in [-0.05, 0) is 50.3 Å². The van der Waals surface area contributed by atoms with Crippen molar-refractivity contribution in [2.24, 2.45) is 11.8 Å². The molecular weight excluding hydrogens is 263 g/mol. The van der Waals surface area contributed by atoms with Gasteiger partial charge in [-0.2, -0.15) is 0 Å². The van der Waals surface area contributed by atoms with Crippen molar-refractivity contribution >= 4 is 5.69 Å². The Labute approximate surface area is 128 Å². The van der Waals surface area contributed by atoms with Crippen molar-refractivity contribution in [3.05, 3.63) is 29.6 Å². The van der Waals surface area contributed by atoms with Gasteiger partial charge >= 0.3 is 0 Å². The van der Waals surface area contributed by atoms with E-state index in [4.69, 9.17) is 0 Å². The molecule has 1 aromatic rings. The van der Waals surface area contributed by atoms with Crippen LogP contribution in [-0.2, 0) is 6.54 Å². The highest BCUT2D eigenvalue weighted by molar-refractivity contribution is 5.54. The number of hydrogen-bond donors (Lipinski definition) is 1. The Bertz CT molecular complexity index is 441. The molecule has 1 aromatic carbocycles. The van der Waals surface area contributed by atoms with Crippen molar-refractivity contribution in [3.63, 3.8) is 0 Å². The second kappa shape index (κ2) is 7.79. The van der Waals surface area contributed by atoms with Crippen LogP contribution in [0.15, 0.2) is 18.2 Å². The summed E-state index contributed by atoms with van der Waals surface area (Å²) < 4.78 is 14.2. The highest BCUT2D eigenvalue weighted by Gasteiger charge is 2.22. The molecule has 0 amide bonds. The summed E-state index contributed by atoms with van der Waals surface area (Å²) in [5.74, 6) is 1.29. The van der Waals surface area contributed by atoms with Gasteiger partial charge in [-0.1, -0.05) is 26.3 Å². The van der Waals surface area contributed by atoms with Crippen LogP contribution in [0.25, 0.3) is 0 Å². The average Bonchev–Trinajstić information content (AvgIpc) is 2.40. The molecule has 0 bridgehead atoms. The van der Waals surface area contributed by atoms with Crippen LogP contribution in [0.2, 0.25) is 0 Å². The minimum atomic E-state index is -0.0872. The fourth-order valence-electron chi connectivity index (χ4n) is 2.89. The van der Waals surface area contributed by atoms with E-state index in [2.05, 4.69) is 37.1 Å². The number of nitrogens with zero attached hydrogens (tertiary/aromatic N) is 1. The van der Waals surface area contributed by atoms with Crippen LogP contribution in [0.3, 0.4) is 0 Å². The largest absolute Gasteiger partial charge is 0.371 e. The second-order valence-electron chi connectivity index (χ2n) is 6.60. The van der Waals surface area contributed by atoms with E-state index in [1.807, 2.05) is 6.07 Å². The summed E-state index contributed by atoms with van der Waals surface area (Å²) in [6.07, 6.45) is 4.01. The van der Waals surface area contributed by atoms with Crippen LogP contribution in [0.1, 0.15) is 45.6 Å². The first-order chi connectivity index (χ1) is 10.1. The van der Waals surface area contributed by atoms with Gasteiger partial charge in [0.05, 0.1) is 0 Å². The van der Waals surface area contributed by atoms with E-state index in [0.717, 1.165) is 36.8 Å². The molecule has 2 nitrogen and oxygen atoms in total. The normalized spacial score (nSPS) is 15.3. The predicted molar refractivity (Wildman–Crippen MR) is 88.2 cm³/mol. The molecule has 0 atom stereocenters. The van der Waals surface area contributed by atoms with Gasteiger partial charge in [-0.3, -0.25) is 0 Å². The number of benzene rings is 1. The lowest BCUT2D eigenvalue weighted by molar-refractivity contribution is 0.318. The molecule has 2 rings (SSSR count). The molecule has 1 aliphatic carbocycles.